The van der Waals surface area contributed by atoms with Gasteiger partial charge < -0.3 is 15.4 Å². The molecule has 0 saturated heterocycles. The van der Waals surface area contributed by atoms with Crippen LogP contribution in [-0.4, -0.2) is 38.2 Å². The number of nitrogens with zero attached hydrogens (tertiary/aromatic N) is 2. The Morgan fingerprint density at radius 2 is 1.96 bits per heavy atom. The number of aliphatic imine (C=N–C) groups is 1. The van der Waals surface area contributed by atoms with E-state index in [-0.39, 0.29) is 0 Å². The summed E-state index contributed by atoms with van der Waals surface area (Å²) in [6.45, 7) is 5.71. The van der Waals surface area contributed by atoms with E-state index >= 15 is 0 Å². The first kappa shape index (κ1) is 19.5. The number of aromatic nitrogens is 1. The Morgan fingerprint density at radius 1 is 1.24 bits per heavy atom. The molecular formula is C18H25ClN4OS. The molecule has 0 aliphatic heterocycles. The molecule has 1 aromatic heterocycles. The van der Waals surface area contributed by atoms with Crippen molar-refractivity contribution in [3.63, 3.8) is 0 Å². The molecule has 0 aliphatic carbocycles. The lowest BCUT2D eigenvalue weighted by Gasteiger charge is -2.12. The second kappa shape index (κ2) is 9.63. The third-order valence-corrected chi connectivity index (χ3v) is 5.36. The highest BCUT2D eigenvalue weighted by molar-refractivity contribution is 7.11. The largest absolute Gasteiger partial charge is 0.497 e. The highest BCUT2D eigenvalue weighted by Gasteiger charge is 2.05. The van der Waals surface area contributed by atoms with E-state index in [0.29, 0.717) is 0 Å². The summed E-state index contributed by atoms with van der Waals surface area (Å²) in [7, 11) is 3.41. The zero-order valence-electron chi connectivity index (χ0n) is 15.1. The Bertz CT molecular complexity index is 710. The van der Waals surface area contributed by atoms with Crippen molar-refractivity contribution in [2.24, 2.45) is 4.99 Å². The Morgan fingerprint density at radius 3 is 2.52 bits per heavy atom. The number of thiazole rings is 1. The standard InChI is InChI=1S/C18H25ClN4OS/c1-12-13(2)25-17(23-12)8-10-22-18(20-3)21-9-7-14-5-6-15(24-4)11-16(14)19/h5-6,11H,7-10H2,1-4H3,(H2,20,21,22). The molecule has 2 rings (SSSR count). The van der Waals surface area contributed by atoms with Gasteiger partial charge in [0.25, 0.3) is 0 Å². The molecule has 0 aliphatic rings. The average molecular weight is 381 g/mol. The topological polar surface area (TPSA) is 58.5 Å². The van der Waals surface area contributed by atoms with Crippen LogP contribution in [0.15, 0.2) is 23.2 Å². The van der Waals surface area contributed by atoms with Crippen molar-refractivity contribution in [3.8, 4) is 5.75 Å². The minimum atomic E-state index is 0.721. The van der Waals surface area contributed by atoms with Crippen molar-refractivity contribution in [1.29, 1.82) is 0 Å². The Labute approximate surface area is 158 Å². The lowest BCUT2D eigenvalue weighted by molar-refractivity contribution is 0.414. The third kappa shape index (κ3) is 5.90. The summed E-state index contributed by atoms with van der Waals surface area (Å²) in [4.78, 5) is 10.1. The number of hydrogen-bond donors (Lipinski definition) is 2. The van der Waals surface area contributed by atoms with Gasteiger partial charge in [-0.25, -0.2) is 4.98 Å². The molecule has 2 N–H and O–H groups in total. The monoisotopic (exact) mass is 380 g/mol. The molecule has 0 saturated carbocycles. The van der Waals surface area contributed by atoms with Crippen LogP contribution in [0.1, 0.15) is 21.1 Å². The minimum absolute atomic E-state index is 0.721. The van der Waals surface area contributed by atoms with E-state index in [9.17, 15) is 0 Å². The number of rotatable bonds is 7. The summed E-state index contributed by atoms with van der Waals surface area (Å²) in [5.41, 5.74) is 2.21. The average Bonchev–Trinajstić information content (AvgIpc) is 2.92. The smallest absolute Gasteiger partial charge is 0.191 e. The summed E-state index contributed by atoms with van der Waals surface area (Å²) in [6.07, 6.45) is 1.71. The molecule has 0 fully saturated rings. The van der Waals surface area contributed by atoms with Crippen LogP contribution in [0.5, 0.6) is 5.75 Å². The zero-order valence-corrected chi connectivity index (χ0v) is 16.7. The van der Waals surface area contributed by atoms with Crippen molar-refractivity contribution >= 4 is 28.9 Å². The molecule has 0 spiro atoms. The van der Waals surface area contributed by atoms with Crippen LogP contribution in [0.4, 0.5) is 0 Å². The van der Waals surface area contributed by atoms with Crippen LogP contribution < -0.4 is 15.4 Å². The molecule has 0 bridgehead atoms. The van der Waals surface area contributed by atoms with E-state index in [1.165, 1.54) is 4.88 Å². The lowest BCUT2D eigenvalue weighted by atomic mass is 10.1. The number of benzene rings is 1. The molecule has 1 aromatic carbocycles. The fraction of sp³-hybridized carbons (Fsp3) is 0.444. The molecule has 0 atom stereocenters. The first-order chi connectivity index (χ1) is 12.0. The SMILES string of the molecule is CN=C(NCCc1nc(C)c(C)s1)NCCc1ccc(OC)cc1Cl. The summed E-state index contributed by atoms with van der Waals surface area (Å²) in [5.74, 6) is 1.56. The van der Waals surface area contributed by atoms with Crippen LogP contribution in [-0.2, 0) is 12.8 Å². The number of nitrogens with one attached hydrogen (secondary N) is 2. The highest BCUT2D eigenvalue weighted by atomic mass is 35.5. The molecule has 0 radical (unpaired) electrons. The number of halogens is 1. The molecular weight excluding hydrogens is 356 g/mol. The van der Waals surface area contributed by atoms with Crippen LogP contribution in [0.3, 0.4) is 0 Å². The minimum Gasteiger partial charge on any atom is -0.497 e. The van der Waals surface area contributed by atoms with Gasteiger partial charge in [0.1, 0.15) is 5.75 Å². The van der Waals surface area contributed by atoms with Crippen LogP contribution in [0.2, 0.25) is 5.02 Å². The van der Waals surface area contributed by atoms with E-state index in [4.69, 9.17) is 16.3 Å². The van der Waals surface area contributed by atoms with Crippen LogP contribution >= 0.6 is 22.9 Å². The maximum atomic E-state index is 6.26. The summed E-state index contributed by atoms with van der Waals surface area (Å²) < 4.78 is 5.17. The number of aryl methyl sites for hydroxylation is 2. The molecule has 5 nitrogen and oxygen atoms in total. The van der Waals surface area contributed by atoms with Gasteiger partial charge in [-0.15, -0.1) is 11.3 Å². The quantitative estimate of drug-likeness (QED) is 0.571. The molecule has 2 aromatic rings. The van der Waals surface area contributed by atoms with Gasteiger partial charge in [-0.1, -0.05) is 17.7 Å². The van der Waals surface area contributed by atoms with Gasteiger partial charge in [-0.05, 0) is 38.0 Å². The van der Waals surface area contributed by atoms with Gasteiger partial charge in [-0.2, -0.15) is 0 Å². The van der Waals surface area contributed by atoms with Gasteiger partial charge in [-0.3, -0.25) is 4.99 Å². The van der Waals surface area contributed by atoms with Gasteiger partial charge in [0.2, 0.25) is 0 Å². The highest BCUT2D eigenvalue weighted by Crippen LogP contribution is 2.22. The van der Waals surface area contributed by atoms with Crippen LogP contribution in [0, 0.1) is 13.8 Å². The maximum absolute atomic E-state index is 6.26. The molecule has 7 heteroatoms. The number of methoxy groups -OCH3 is 1. The molecule has 25 heavy (non-hydrogen) atoms. The Kier molecular flexibility index (Phi) is 7.52. The van der Waals surface area contributed by atoms with Gasteiger partial charge in [0.15, 0.2) is 5.96 Å². The summed E-state index contributed by atoms with van der Waals surface area (Å²) in [6, 6.07) is 5.75. The number of guanidine groups is 1. The van der Waals surface area contributed by atoms with Gasteiger partial charge >= 0.3 is 0 Å². The van der Waals surface area contributed by atoms with Crippen molar-refractivity contribution in [2.75, 3.05) is 27.2 Å². The maximum Gasteiger partial charge on any atom is 0.191 e. The molecule has 1 heterocycles. The lowest BCUT2D eigenvalue weighted by Crippen LogP contribution is -2.39. The molecule has 0 unspecified atom stereocenters. The van der Waals surface area contributed by atoms with Crippen molar-refractivity contribution in [3.05, 3.63) is 44.4 Å². The van der Waals surface area contributed by atoms with E-state index in [2.05, 4.69) is 27.5 Å². The van der Waals surface area contributed by atoms with E-state index in [1.807, 2.05) is 25.1 Å². The predicted octanol–water partition coefficient (Wildman–Crippen LogP) is 3.37. The fourth-order valence-electron chi connectivity index (χ4n) is 2.33. The summed E-state index contributed by atoms with van der Waals surface area (Å²) >= 11 is 8.02. The second-order valence-electron chi connectivity index (χ2n) is 5.63. The predicted molar refractivity (Wildman–Crippen MR) is 106 cm³/mol. The van der Waals surface area contributed by atoms with E-state index < -0.39 is 0 Å². The fourth-order valence-corrected chi connectivity index (χ4v) is 3.53. The van der Waals surface area contributed by atoms with E-state index in [1.54, 1.807) is 25.5 Å². The first-order valence-corrected chi connectivity index (χ1v) is 9.42. The Balaban J connectivity index is 1.75. The van der Waals surface area contributed by atoms with Gasteiger partial charge in [0.05, 0.1) is 17.8 Å². The normalized spacial score (nSPS) is 11.5. The second-order valence-corrected chi connectivity index (χ2v) is 7.33. The molecule has 0 amide bonds. The Hall–Kier alpha value is -1.79. The number of hydrogen-bond acceptors (Lipinski definition) is 4. The third-order valence-electron chi connectivity index (χ3n) is 3.87. The number of ether oxygens (including phenoxy) is 1. The van der Waals surface area contributed by atoms with Gasteiger partial charge in [0, 0.05) is 36.5 Å². The molecule has 136 valence electrons. The first-order valence-electron chi connectivity index (χ1n) is 8.23. The summed E-state index contributed by atoms with van der Waals surface area (Å²) in [5, 5.41) is 8.50. The zero-order chi connectivity index (χ0) is 18.2. The van der Waals surface area contributed by atoms with Crippen molar-refractivity contribution in [1.82, 2.24) is 15.6 Å². The van der Waals surface area contributed by atoms with Crippen LogP contribution in [0.25, 0.3) is 0 Å². The van der Waals surface area contributed by atoms with Crippen molar-refractivity contribution < 1.29 is 4.74 Å². The van der Waals surface area contributed by atoms with E-state index in [0.717, 1.165) is 58.9 Å². The van der Waals surface area contributed by atoms with Crippen molar-refractivity contribution in [2.45, 2.75) is 26.7 Å².